The van der Waals surface area contributed by atoms with Crippen molar-refractivity contribution in [1.29, 1.82) is 0 Å². The first kappa shape index (κ1) is 16.4. The Morgan fingerprint density at radius 2 is 1.90 bits per heavy atom. The van der Waals surface area contributed by atoms with Gasteiger partial charge >= 0.3 is 5.97 Å². The number of carbonyl (C=O) groups excluding carboxylic acids is 2. The molecule has 1 unspecified atom stereocenters. The van der Waals surface area contributed by atoms with Crippen LogP contribution in [0.25, 0.3) is 11.3 Å². The molecule has 0 fully saturated rings. The minimum Gasteiger partial charge on any atom is -0.456 e. The van der Waals surface area contributed by atoms with Crippen LogP contribution >= 0.6 is 11.6 Å². The van der Waals surface area contributed by atoms with Crippen LogP contribution in [0.15, 0.2) is 59.8 Å². The van der Waals surface area contributed by atoms with Gasteiger partial charge in [-0.1, -0.05) is 41.9 Å². The molecule has 3 aliphatic heterocycles. The molecule has 1 amide bonds. The number of aromatic amines is 1. The Balaban J connectivity index is 1.75. The second kappa shape index (κ2) is 5.48. The lowest BCUT2D eigenvalue weighted by Crippen LogP contribution is -2.43. The van der Waals surface area contributed by atoms with Gasteiger partial charge in [0.2, 0.25) is 5.91 Å². The summed E-state index contributed by atoms with van der Waals surface area (Å²) in [6.45, 7) is 0.0616. The average molecular weight is 405 g/mol. The summed E-state index contributed by atoms with van der Waals surface area (Å²) in [5.74, 6) is -0.368. The fourth-order valence-corrected chi connectivity index (χ4v) is 4.71. The Bertz CT molecular complexity index is 1260. The number of halogens is 1. The molecule has 142 valence electrons. The number of hydrogen-bond acceptors (Lipinski definition) is 5. The van der Waals surface area contributed by atoms with Gasteiger partial charge in [-0.05, 0) is 23.8 Å². The second-order valence-corrected chi connectivity index (χ2v) is 7.57. The maximum atomic E-state index is 13.6. The minimum absolute atomic E-state index is 0.0616. The number of cyclic esters (lactones) is 1. The lowest BCUT2D eigenvalue weighted by molar-refractivity contribution is -0.137. The van der Waals surface area contributed by atoms with Crippen LogP contribution in [-0.2, 0) is 19.7 Å². The number of benzene rings is 2. The van der Waals surface area contributed by atoms with E-state index in [0.29, 0.717) is 39.0 Å². The maximum Gasteiger partial charge on any atom is 0.338 e. The molecule has 1 atom stereocenters. The first-order valence-electron chi connectivity index (χ1n) is 9.04. The number of nitrogens with one attached hydrogen (secondary N) is 3. The van der Waals surface area contributed by atoms with Gasteiger partial charge in [0.15, 0.2) is 5.82 Å². The summed E-state index contributed by atoms with van der Waals surface area (Å²) in [6, 6.07) is 14.7. The third-order valence-electron chi connectivity index (χ3n) is 5.68. The van der Waals surface area contributed by atoms with Crippen LogP contribution in [0, 0.1) is 0 Å². The van der Waals surface area contributed by atoms with E-state index >= 15 is 0 Å². The van der Waals surface area contributed by atoms with Gasteiger partial charge in [0.25, 0.3) is 0 Å². The Kier molecular flexibility index (Phi) is 3.10. The largest absolute Gasteiger partial charge is 0.456 e. The second-order valence-electron chi connectivity index (χ2n) is 7.14. The van der Waals surface area contributed by atoms with Gasteiger partial charge < -0.3 is 15.4 Å². The lowest BCUT2D eigenvalue weighted by atomic mass is 9.67. The van der Waals surface area contributed by atoms with E-state index in [1.807, 2.05) is 30.3 Å². The van der Waals surface area contributed by atoms with Gasteiger partial charge in [-0.2, -0.15) is 5.10 Å². The number of fused-ring (bicyclic) bond motifs is 5. The number of amides is 1. The number of aromatic nitrogens is 2. The van der Waals surface area contributed by atoms with Crippen molar-refractivity contribution < 1.29 is 14.3 Å². The van der Waals surface area contributed by atoms with Crippen LogP contribution in [0.2, 0.25) is 5.02 Å². The highest BCUT2D eigenvalue weighted by molar-refractivity contribution is 6.31. The molecule has 29 heavy (non-hydrogen) atoms. The third-order valence-corrected chi connectivity index (χ3v) is 5.91. The van der Waals surface area contributed by atoms with Gasteiger partial charge in [0, 0.05) is 21.8 Å². The lowest BCUT2D eigenvalue weighted by Gasteiger charge is -2.32. The fraction of sp³-hybridized carbons (Fsp3) is 0.0952. The van der Waals surface area contributed by atoms with Crippen molar-refractivity contribution in [3.05, 3.63) is 76.0 Å². The van der Waals surface area contributed by atoms with Crippen LogP contribution < -0.4 is 10.6 Å². The third kappa shape index (κ3) is 1.95. The van der Waals surface area contributed by atoms with Gasteiger partial charge in [0.05, 0.1) is 17.0 Å². The monoisotopic (exact) mass is 404 g/mol. The van der Waals surface area contributed by atoms with E-state index in [1.165, 1.54) is 0 Å². The van der Waals surface area contributed by atoms with E-state index in [2.05, 4.69) is 20.8 Å². The van der Waals surface area contributed by atoms with Crippen LogP contribution in [0.1, 0.15) is 11.1 Å². The minimum atomic E-state index is -1.40. The SMILES string of the molecule is O=C1OCC2=C1C1(C(=O)Nc3ccc(Cl)cc31)c1c(n[nH]c1-c1ccccc1)N2. The molecule has 1 aromatic heterocycles. The zero-order valence-electron chi connectivity index (χ0n) is 14.9. The molecule has 0 saturated carbocycles. The van der Waals surface area contributed by atoms with Crippen molar-refractivity contribution >= 4 is 35.0 Å². The summed E-state index contributed by atoms with van der Waals surface area (Å²) >= 11 is 6.30. The Labute approximate surface area is 169 Å². The Morgan fingerprint density at radius 1 is 1.07 bits per heavy atom. The number of esters is 1. The quantitative estimate of drug-likeness (QED) is 0.541. The van der Waals surface area contributed by atoms with E-state index in [4.69, 9.17) is 16.3 Å². The normalized spacial score (nSPS) is 21.4. The topological polar surface area (TPSA) is 96.1 Å². The molecular weight excluding hydrogens is 392 g/mol. The molecule has 0 saturated heterocycles. The highest BCUT2D eigenvalue weighted by Crippen LogP contribution is 2.56. The molecule has 3 N–H and O–H groups in total. The van der Waals surface area contributed by atoms with Crippen molar-refractivity contribution in [3.63, 3.8) is 0 Å². The summed E-state index contributed by atoms with van der Waals surface area (Å²) in [5.41, 5.74) is 2.73. The molecular formula is C21H13ClN4O3. The van der Waals surface area contributed by atoms with E-state index in [0.717, 1.165) is 5.56 Å². The first-order chi connectivity index (χ1) is 14.1. The summed E-state index contributed by atoms with van der Waals surface area (Å²) in [6.07, 6.45) is 0. The number of ether oxygens (including phenoxy) is 1. The summed E-state index contributed by atoms with van der Waals surface area (Å²) < 4.78 is 5.30. The molecule has 8 heteroatoms. The van der Waals surface area contributed by atoms with Crippen LogP contribution in [-0.4, -0.2) is 28.7 Å². The predicted octanol–water partition coefficient (Wildman–Crippen LogP) is 3.20. The number of H-pyrrole nitrogens is 1. The van der Waals surface area contributed by atoms with Crippen molar-refractivity contribution in [1.82, 2.24) is 10.2 Å². The summed E-state index contributed by atoms with van der Waals surface area (Å²) in [7, 11) is 0. The van der Waals surface area contributed by atoms with E-state index in [9.17, 15) is 9.59 Å². The van der Waals surface area contributed by atoms with Gasteiger partial charge in [-0.3, -0.25) is 9.89 Å². The van der Waals surface area contributed by atoms with Crippen molar-refractivity contribution in [2.45, 2.75) is 5.41 Å². The van der Waals surface area contributed by atoms with Gasteiger partial charge in [0.1, 0.15) is 12.0 Å². The first-order valence-corrected chi connectivity index (χ1v) is 9.42. The Hall–Kier alpha value is -3.58. The molecule has 2 aromatic carbocycles. The van der Waals surface area contributed by atoms with Crippen molar-refractivity contribution in [2.24, 2.45) is 0 Å². The molecule has 0 radical (unpaired) electrons. The van der Waals surface area contributed by atoms with Crippen LogP contribution in [0.4, 0.5) is 11.5 Å². The molecule has 7 nitrogen and oxygen atoms in total. The van der Waals surface area contributed by atoms with Crippen molar-refractivity contribution in [2.75, 3.05) is 17.2 Å². The van der Waals surface area contributed by atoms with Crippen molar-refractivity contribution in [3.8, 4) is 11.3 Å². The summed E-state index contributed by atoms with van der Waals surface area (Å²) in [5, 5.41) is 14.0. The zero-order valence-corrected chi connectivity index (χ0v) is 15.6. The molecule has 4 heterocycles. The number of nitrogens with zero attached hydrogens (tertiary/aromatic N) is 1. The number of rotatable bonds is 1. The Morgan fingerprint density at radius 3 is 2.72 bits per heavy atom. The van der Waals surface area contributed by atoms with E-state index in [1.54, 1.807) is 18.2 Å². The maximum absolute atomic E-state index is 13.6. The van der Waals surface area contributed by atoms with E-state index in [-0.39, 0.29) is 18.1 Å². The van der Waals surface area contributed by atoms with Crippen LogP contribution in [0.5, 0.6) is 0 Å². The number of hydrogen-bond donors (Lipinski definition) is 3. The smallest absolute Gasteiger partial charge is 0.338 e. The zero-order chi connectivity index (χ0) is 19.8. The highest BCUT2D eigenvalue weighted by Gasteiger charge is 2.61. The highest BCUT2D eigenvalue weighted by atomic mass is 35.5. The fourth-order valence-electron chi connectivity index (χ4n) is 4.53. The molecule has 1 spiro atoms. The molecule has 0 bridgehead atoms. The van der Waals surface area contributed by atoms with Gasteiger partial charge in [-0.15, -0.1) is 0 Å². The summed E-state index contributed by atoms with van der Waals surface area (Å²) in [4.78, 5) is 26.4. The number of anilines is 2. The average Bonchev–Trinajstić information content (AvgIpc) is 3.39. The van der Waals surface area contributed by atoms with Gasteiger partial charge in [-0.25, -0.2) is 4.79 Å². The van der Waals surface area contributed by atoms with Crippen LogP contribution in [0.3, 0.4) is 0 Å². The number of carbonyl (C=O) groups is 2. The predicted molar refractivity (Wildman–Crippen MR) is 106 cm³/mol. The standard InChI is InChI=1S/C21H13ClN4O3/c22-11-6-7-13-12(8-11)21(20(28)24-13)15-14(9-29-19(15)27)23-18-16(21)17(25-26-18)10-4-2-1-3-5-10/h1-8H,9H2,(H,24,28)(H2,23,25,26). The molecule has 3 aliphatic rings. The molecule has 6 rings (SSSR count). The molecule has 3 aromatic rings. The van der Waals surface area contributed by atoms with E-state index < -0.39 is 11.4 Å². The molecule has 0 aliphatic carbocycles.